The van der Waals surface area contributed by atoms with Crippen LogP contribution >= 0.6 is 24.0 Å². The number of thioether (sulfide) groups is 1. The Morgan fingerprint density at radius 1 is 1.30 bits per heavy atom. The van der Waals surface area contributed by atoms with E-state index in [9.17, 15) is 18.3 Å². The number of aliphatic carboxylic acids is 1. The molecule has 0 spiro atoms. The minimum absolute atomic E-state index is 0.0432. The molecule has 3 heterocycles. The van der Waals surface area contributed by atoms with Crippen LogP contribution in [-0.4, -0.2) is 50.9 Å². The maximum absolute atomic E-state index is 12.9. The fourth-order valence-corrected chi connectivity index (χ4v) is 7.48. The first-order valence-electron chi connectivity index (χ1n) is 9.35. The molecule has 1 N–H and O–H groups in total. The van der Waals surface area contributed by atoms with Crippen LogP contribution in [0.4, 0.5) is 0 Å². The molecule has 1 aromatic heterocycles. The molecule has 2 aliphatic rings. The summed E-state index contributed by atoms with van der Waals surface area (Å²) in [5.41, 5.74) is -0.0393. The standard InChI is InChI=1S/C20H22N2O5S3/c1-10-16(28)22-17(10)29-19(3,4)20(22,18(23)24)14-11(2)27-21-15(14)12-6-8-13(9-7-12)30(5,25)26/h6-10,17H,1-5H3,(H,23,24)/t10-,17-,20+/m1/s1. The molecule has 2 fully saturated rings. The van der Waals surface area contributed by atoms with E-state index in [1.165, 1.54) is 12.1 Å². The van der Waals surface area contributed by atoms with Gasteiger partial charge in [-0.15, -0.1) is 11.8 Å². The van der Waals surface area contributed by atoms with Crippen LogP contribution in [0.25, 0.3) is 11.3 Å². The van der Waals surface area contributed by atoms with Gasteiger partial charge in [-0.05, 0) is 32.9 Å². The fraction of sp³-hybridized carbons (Fsp3) is 0.450. The topological polar surface area (TPSA) is 101 Å². The van der Waals surface area contributed by atoms with Gasteiger partial charge in [0.1, 0.15) is 11.5 Å². The summed E-state index contributed by atoms with van der Waals surface area (Å²) >= 11 is 7.17. The first kappa shape index (κ1) is 21.3. The highest BCUT2D eigenvalue weighted by molar-refractivity contribution is 8.02. The molecule has 10 heteroatoms. The summed E-state index contributed by atoms with van der Waals surface area (Å²) in [5, 5.41) is 14.7. The summed E-state index contributed by atoms with van der Waals surface area (Å²) < 4.78 is 28.4. The number of hydrogen-bond donors (Lipinski definition) is 1. The molecular weight excluding hydrogens is 444 g/mol. The number of thiocarbonyl (C=S) groups is 1. The number of hydrogen-bond acceptors (Lipinski definition) is 7. The first-order chi connectivity index (χ1) is 13.8. The zero-order chi connectivity index (χ0) is 22.2. The second-order valence-corrected chi connectivity index (χ2v) is 12.5. The molecular formula is C20H22N2O5S3. The van der Waals surface area contributed by atoms with Crippen LogP contribution in [-0.2, 0) is 20.2 Å². The minimum Gasteiger partial charge on any atom is -0.479 e. The van der Waals surface area contributed by atoms with Crippen LogP contribution in [0, 0.1) is 12.8 Å². The molecule has 2 saturated heterocycles. The van der Waals surface area contributed by atoms with Crippen molar-refractivity contribution in [1.82, 2.24) is 10.1 Å². The number of aryl methyl sites for hydroxylation is 1. The summed E-state index contributed by atoms with van der Waals surface area (Å²) in [6.45, 7) is 7.52. The van der Waals surface area contributed by atoms with Crippen molar-refractivity contribution in [2.24, 2.45) is 5.92 Å². The smallest absolute Gasteiger partial charge is 0.336 e. The Kier molecular flexibility index (Phi) is 4.65. The minimum atomic E-state index is -3.35. The molecule has 0 saturated carbocycles. The second kappa shape index (κ2) is 6.54. The molecule has 0 aliphatic carbocycles. The lowest BCUT2D eigenvalue weighted by Crippen LogP contribution is -2.67. The summed E-state index contributed by atoms with van der Waals surface area (Å²) in [4.78, 5) is 15.5. The van der Waals surface area contributed by atoms with E-state index < -0.39 is 26.1 Å². The van der Waals surface area contributed by atoms with Gasteiger partial charge in [0.25, 0.3) is 0 Å². The van der Waals surface area contributed by atoms with Crippen molar-refractivity contribution in [3.8, 4) is 11.3 Å². The second-order valence-electron chi connectivity index (χ2n) is 8.29. The monoisotopic (exact) mass is 466 g/mol. The normalized spacial score (nSPS) is 27.6. The first-order valence-corrected chi connectivity index (χ1v) is 12.5. The summed E-state index contributed by atoms with van der Waals surface area (Å²) in [7, 11) is -3.35. The van der Waals surface area contributed by atoms with Gasteiger partial charge in [0.15, 0.2) is 15.4 Å². The Labute approximate surface area is 184 Å². The van der Waals surface area contributed by atoms with Gasteiger partial charge in [-0.1, -0.05) is 36.4 Å². The molecule has 0 radical (unpaired) electrons. The highest BCUT2D eigenvalue weighted by Crippen LogP contribution is 2.64. The molecule has 0 unspecified atom stereocenters. The van der Waals surface area contributed by atoms with E-state index in [2.05, 4.69) is 5.16 Å². The average Bonchev–Trinajstić information content (AvgIpc) is 3.14. The lowest BCUT2D eigenvalue weighted by molar-refractivity contribution is -0.152. The quantitative estimate of drug-likeness (QED) is 0.679. The van der Waals surface area contributed by atoms with Gasteiger partial charge in [-0.25, -0.2) is 13.2 Å². The van der Waals surface area contributed by atoms with E-state index in [4.69, 9.17) is 16.7 Å². The summed E-state index contributed by atoms with van der Waals surface area (Å²) in [6.07, 6.45) is 1.14. The van der Waals surface area contributed by atoms with Gasteiger partial charge < -0.3 is 14.5 Å². The van der Waals surface area contributed by atoms with E-state index in [0.29, 0.717) is 27.6 Å². The Morgan fingerprint density at radius 3 is 2.43 bits per heavy atom. The Bertz CT molecular complexity index is 1170. The molecule has 7 nitrogen and oxygen atoms in total. The molecule has 0 amide bonds. The van der Waals surface area contributed by atoms with Crippen molar-refractivity contribution in [3.05, 3.63) is 35.6 Å². The number of sulfone groups is 1. The number of benzene rings is 1. The zero-order valence-corrected chi connectivity index (χ0v) is 19.6. The number of carbonyl (C=O) groups is 1. The van der Waals surface area contributed by atoms with Gasteiger partial charge in [-0.2, -0.15) is 0 Å². The average molecular weight is 467 g/mol. The van der Waals surface area contributed by atoms with Gasteiger partial charge in [-0.3, -0.25) is 0 Å². The van der Waals surface area contributed by atoms with Gasteiger partial charge in [0.2, 0.25) is 0 Å². The maximum atomic E-state index is 12.9. The van der Waals surface area contributed by atoms with Crippen molar-refractivity contribution < 1.29 is 22.8 Å². The van der Waals surface area contributed by atoms with Crippen LogP contribution in [0.5, 0.6) is 0 Å². The molecule has 30 heavy (non-hydrogen) atoms. The van der Waals surface area contributed by atoms with Crippen LogP contribution in [0.15, 0.2) is 33.7 Å². The van der Waals surface area contributed by atoms with Crippen molar-refractivity contribution in [2.75, 3.05) is 6.26 Å². The van der Waals surface area contributed by atoms with E-state index in [-0.39, 0.29) is 16.2 Å². The molecule has 160 valence electrons. The highest BCUT2D eigenvalue weighted by atomic mass is 32.2. The third-order valence-electron chi connectivity index (χ3n) is 6.05. The molecule has 2 aromatic rings. The van der Waals surface area contributed by atoms with Crippen LogP contribution < -0.4 is 0 Å². The van der Waals surface area contributed by atoms with Crippen molar-refractivity contribution in [2.45, 2.75) is 48.3 Å². The molecule has 4 rings (SSSR count). The molecule has 0 bridgehead atoms. The number of aromatic nitrogens is 1. The maximum Gasteiger partial charge on any atom is 0.336 e. The van der Waals surface area contributed by atoms with Crippen molar-refractivity contribution >= 4 is 44.8 Å². The third-order valence-corrected chi connectivity index (χ3v) is 9.49. The molecule has 3 atom stereocenters. The molecule has 2 aliphatic heterocycles. The molecule has 1 aromatic carbocycles. The zero-order valence-electron chi connectivity index (χ0n) is 17.2. The van der Waals surface area contributed by atoms with Crippen LogP contribution in [0.2, 0.25) is 0 Å². The fourth-order valence-electron chi connectivity index (χ4n) is 4.54. The number of nitrogens with zero attached hydrogens (tertiary/aromatic N) is 2. The number of carboxylic acids is 1. The SMILES string of the molecule is Cc1onc(-c2ccc(S(C)(=O)=O)cc2)c1[C@@]1(C(=O)O)N2C(=S)[C@@H](C)[C@H]2SC1(C)C. The van der Waals surface area contributed by atoms with Crippen LogP contribution in [0.1, 0.15) is 32.1 Å². The highest BCUT2D eigenvalue weighted by Gasteiger charge is 2.72. The predicted molar refractivity (Wildman–Crippen MR) is 118 cm³/mol. The van der Waals surface area contributed by atoms with Gasteiger partial charge in [0.05, 0.1) is 25.6 Å². The van der Waals surface area contributed by atoms with Gasteiger partial charge in [0, 0.05) is 17.7 Å². The van der Waals surface area contributed by atoms with E-state index in [0.717, 1.165) is 6.26 Å². The van der Waals surface area contributed by atoms with Gasteiger partial charge >= 0.3 is 5.97 Å². The summed E-state index contributed by atoms with van der Waals surface area (Å²) in [5.74, 6) is -0.517. The van der Waals surface area contributed by atoms with E-state index >= 15 is 0 Å². The largest absolute Gasteiger partial charge is 0.479 e. The third kappa shape index (κ3) is 2.63. The number of fused-ring (bicyclic) bond motifs is 1. The van der Waals surface area contributed by atoms with E-state index in [1.807, 2.05) is 25.7 Å². The Morgan fingerprint density at radius 2 is 1.90 bits per heavy atom. The Hall–Kier alpha value is -1.91. The van der Waals surface area contributed by atoms with Crippen molar-refractivity contribution in [3.63, 3.8) is 0 Å². The van der Waals surface area contributed by atoms with Crippen molar-refractivity contribution in [1.29, 1.82) is 0 Å². The Balaban J connectivity index is 1.95. The number of rotatable bonds is 4. The number of carboxylic acid groups (broad SMARTS) is 1. The summed E-state index contributed by atoms with van der Waals surface area (Å²) in [6, 6.07) is 6.21. The lowest BCUT2D eigenvalue weighted by atomic mass is 9.73. The van der Waals surface area contributed by atoms with Crippen LogP contribution in [0.3, 0.4) is 0 Å². The predicted octanol–water partition coefficient (Wildman–Crippen LogP) is 3.46. The van der Waals surface area contributed by atoms with E-state index in [1.54, 1.807) is 30.8 Å². The lowest BCUT2D eigenvalue weighted by Gasteiger charge is -2.51.